The van der Waals surface area contributed by atoms with E-state index >= 15 is 0 Å². The monoisotopic (exact) mass is 251 g/mol. The van der Waals surface area contributed by atoms with Gasteiger partial charge in [-0.05, 0) is 36.2 Å². The second-order valence-electron chi connectivity index (χ2n) is 4.27. The first-order valence-corrected chi connectivity index (χ1v) is 6.30. The Morgan fingerprint density at radius 2 is 2.13 bits per heavy atom. The number of methoxy groups -OCH3 is 1. The van der Waals surface area contributed by atoms with Gasteiger partial charge in [0, 0.05) is 6.54 Å². The van der Waals surface area contributed by atoms with Gasteiger partial charge in [-0.3, -0.25) is 4.79 Å². The van der Waals surface area contributed by atoms with Crippen molar-refractivity contribution in [2.75, 3.05) is 25.2 Å². The second-order valence-corrected chi connectivity index (χ2v) is 5.50. The average Bonchev–Trinajstić information content (AvgIpc) is 2.62. The Morgan fingerprint density at radius 1 is 1.47 bits per heavy atom. The van der Waals surface area contributed by atoms with E-state index in [2.05, 4.69) is 5.32 Å². The molecule has 0 amide bonds. The highest BCUT2D eigenvalue weighted by atomic mass is 35.5. The van der Waals surface area contributed by atoms with E-state index in [0.29, 0.717) is 5.41 Å². The summed E-state index contributed by atoms with van der Waals surface area (Å²) < 4.78 is 4.76. The van der Waals surface area contributed by atoms with Crippen molar-refractivity contribution >= 4 is 30.1 Å². The third kappa shape index (κ3) is 2.80. The molecule has 0 aliphatic carbocycles. The van der Waals surface area contributed by atoms with Gasteiger partial charge < -0.3 is 10.1 Å². The van der Waals surface area contributed by atoms with Crippen molar-refractivity contribution in [3.63, 3.8) is 0 Å². The molecule has 3 nitrogen and oxygen atoms in total. The van der Waals surface area contributed by atoms with E-state index in [-0.39, 0.29) is 24.4 Å². The molecule has 1 unspecified atom stereocenters. The molecule has 0 aromatic carbocycles. The van der Waals surface area contributed by atoms with E-state index < -0.39 is 0 Å². The lowest BCUT2D eigenvalue weighted by atomic mass is 9.80. The van der Waals surface area contributed by atoms with Crippen LogP contribution in [0.4, 0.5) is 0 Å². The molecule has 2 heterocycles. The van der Waals surface area contributed by atoms with E-state index in [9.17, 15) is 4.79 Å². The number of thioether (sulfide) groups is 1. The number of ether oxygens (including phenoxy) is 1. The second kappa shape index (κ2) is 5.41. The molecule has 0 bridgehead atoms. The molecule has 0 saturated carbocycles. The standard InChI is InChI=1S/C10H17NO2S.ClH/c1-13-9(12)8-6-10(7-11-8)2-4-14-5-3-10;/h8,11H,2-7H2,1H3;1H. The molecular formula is C10H18ClNO2S. The van der Waals surface area contributed by atoms with Crippen LogP contribution in [-0.4, -0.2) is 37.2 Å². The summed E-state index contributed by atoms with van der Waals surface area (Å²) in [6.45, 7) is 0.993. The summed E-state index contributed by atoms with van der Waals surface area (Å²) in [4.78, 5) is 11.4. The van der Waals surface area contributed by atoms with Gasteiger partial charge in [0.2, 0.25) is 0 Å². The first-order valence-electron chi connectivity index (χ1n) is 5.15. The van der Waals surface area contributed by atoms with Crippen LogP contribution in [-0.2, 0) is 9.53 Å². The molecule has 15 heavy (non-hydrogen) atoms. The Hall–Kier alpha value is 0.0700. The maximum atomic E-state index is 11.4. The highest BCUT2D eigenvalue weighted by Gasteiger charge is 2.42. The number of rotatable bonds is 1. The zero-order chi connectivity index (χ0) is 10.0. The summed E-state index contributed by atoms with van der Waals surface area (Å²) in [6, 6.07) is -0.0527. The van der Waals surface area contributed by atoms with Crippen LogP contribution in [0, 0.1) is 5.41 Å². The first kappa shape index (κ1) is 13.1. The molecular weight excluding hydrogens is 234 g/mol. The maximum absolute atomic E-state index is 11.4. The van der Waals surface area contributed by atoms with Crippen molar-refractivity contribution in [1.82, 2.24) is 5.32 Å². The summed E-state index contributed by atoms with van der Waals surface area (Å²) in [7, 11) is 1.46. The van der Waals surface area contributed by atoms with Crippen LogP contribution in [0.2, 0.25) is 0 Å². The Bertz CT molecular complexity index is 231. The molecule has 2 aliphatic rings. The number of hydrogen-bond acceptors (Lipinski definition) is 4. The molecule has 5 heteroatoms. The van der Waals surface area contributed by atoms with Gasteiger partial charge in [0.1, 0.15) is 6.04 Å². The van der Waals surface area contributed by atoms with Crippen molar-refractivity contribution in [2.45, 2.75) is 25.3 Å². The van der Waals surface area contributed by atoms with Gasteiger partial charge in [-0.25, -0.2) is 0 Å². The van der Waals surface area contributed by atoms with Crippen LogP contribution in [0.3, 0.4) is 0 Å². The Balaban J connectivity index is 0.00000112. The molecule has 1 atom stereocenters. The lowest BCUT2D eigenvalue weighted by Crippen LogP contribution is -2.31. The Kier molecular flexibility index (Phi) is 4.74. The summed E-state index contributed by atoms with van der Waals surface area (Å²) >= 11 is 2.03. The van der Waals surface area contributed by atoms with E-state index in [0.717, 1.165) is 13.0 Å². The van der Waals surface area contributed by atoms with E-state index in [1.165, 1.54) is 31.5 Å². The summed E-state index contributed by atoms with van der Waals surface area (Å²) in [6.07, 6.45) is 3.47. The number of carbonyl (C=O) groups is 1. The van der Waals surface area contributed by atoms with E-state index in [4.69, 9.17) is 4.74 Å². The molecule has 2 rings (SSSR count). The van der Waals surface area contributed by atoms with Crippen LogP contribution in [0.25, 0.3) is 0 Å². The van der Waals surface area contributed by atoms with Crippen molar-refractivity contribution in [3.8, 4) is 0 Å². The molecule has 0 radical (unpaired) electrons. The first-order chi connectivity index (χ1) is 6.76. The van der Waals surface area contributed by atoms with Gasteiger partial charge in [-0.15, -0.1) is 12.4 Å². The SMILES string of the molecule is COC(=O)C1CC2(CCSCC2)CN1.Cl. The number of carbonyl (C=O) groups excluding carboxylic acids is 1. The fraction of sp³-hybridized carbons (Fsp3) is 0.900. The number of esters is 1. The van der Waals surface area contributed by atoms with Gasteiger partial charge in [-0.2, -0.15) is 11.8 Å². The Labute approximate surface area is 101 Å². The summed E-state index contributed by atoms with van der Waals surface area (Å²) in [5.41, 5.74) is 0.393. The third-order valence-electron chi connectivity index (χ3n) is 3.40. The summed E-state index contributed by atoms with van der Waals surface area (Å²) in [5.74, 6) is 2.39. The third-order valence-corrected chi connectivity index (χ3v) is 4.39. The molecule has 1 N–H and O–H groups in total. The zero-order valence-electron chi connectivity index (χ0n) is 8.95. The number of hydrogen-bond donors (Lipinski definition) is 1. The van der Waals surface area contributed by atoms with Gasteiger partial charge in [0.25, 0.3) is 0 Å². The minimum atomic E-state index is -0.0971. The minimum Gasteiger partial charge on any atom is -0.468 e. The van der Waals surface area contributed by atoms with Crippen LogP contribution < -0.4 is 5.32 Å². The minimum absolute atomic E-state index is 0. The number of nitrogens with one attached hydrogen (secondary N) is 1. The molecule has 0 aromatic rings. The van der Waals surface area contributed by atoms with Crippen LogP contribution in [0.5, 0.6) is 0 Å². The predicted octanol–water partition coefficient (Wildman–Crippen LogP) is 1.46. The lowest BCUT2D eigenvalue weighted by Gasteiger charge is -2.32. The predicted molar refractivity (Wildman–Crippen MR) is 64.7 cm³/mol. The van der Waals surface area contributed by atoms with Crippen LogP contribution in [0.1, 0.15) is 19.3 Å². The molecule has 88 valence electrons. The Morgan fingerprint density at radius 3 is 2.73 bits per heavy atom. The molecule has 1 spiro atoms. The van der Waals surface area contributed by atoms with E-state index in [1.807, 2.05) is 11.8 Å². The van der Waals surface area contributed by atoms with Crippen molar-refractivity contribution in [2.24, 2.45) is 5.41 Å². The average molecular weight is 252 g/mol. The van der Waals surface area contributed by atoms with Gasteiger partial charge >= 0.3 is 5.97 Å². The molecule has 2 aliphatic heterocycles. The highest BCUT2D eigenvalue weighted by molar-refractivity contribution is 7.99. The zero-order valence-corrected chi connectivity index (χ0v) is 10.6. The van der Waals surface area contributed by atoms with Crippen LogP contribution >= 0.6 is 24.2 Å². The molecule has 2 fully saturated rings. The molecule has 2 saturated heterocycles. The van der Waals surface area contributed by atoms with Crippen molar-refractivity contribution < 1.29 is 9.53 Å². The molecule has 0 aromatic heterocycles. The quantitative estimate of drug-likeness (QED) is 0.716. The van der Waals surface area contributed by atoms with Gasteiger partial charge in [0.15, 0.2) is 0 Å². The largest absolute Gasteiger partial charge is 0.468 e. The number of halogens is 1. The van der Waals surface area contributed by atoms with Gasteiger partial charge in [0.05, 0.1) is 7.11 Å². The fourth-order valence-corrected chi connectivity index (χ4v) is 3.77. The van der Waals surface area contributed by atoms with E-state index in [1.54, 1.807) is 0 Å². The topological polar surface area (TPSA) is 38.3 Å². The highest BCUT2D eigenvalue weighted by Crippen LogP contribution is 2.41. The van der Waals surface area contributed by atoms with Gasteiger partial charge in [-0.1, -0.05) is 0 Å². The fourth-order valence-electron chi connectivity index (χ4n) is 2.41. The van der Waals surface area contributed by atoms with Crippen LogP contribution in [0.15, 0.2) is 0 Å². The van der Waals surface area contributed by atoms with Crippen molar-refractivity contribution in [1.29, 1.82) is 0 Å². The maximum Gasteiger partial charge on any atom is 0.322 e. The lowest BCUT2D eigenvalue weighted by molar-refractivity contribution is -0.142. The summed E-state index contributed by atoms with van der Waals surface area (Å²) in [5, 5.41) is 3.28. The smallest absolute Gasteiger partial charge is 0.322 e. The van der Waals surface area contributed by atoms with Crippen molar-refractivity contribution in [3.05, 3.63) is 0 Å². The normalized spacial score (nSPS) is 28.5.